The third kappa shape index (κ3) is 6.03. The average molecular weight is 401 g/mol. The van der Waals surface area contributed by atoms with Crippen LogP contribution in [0.4, 0.5) is 5.69 Å². The summed E-state index contributed by atoms with van der Waals surface area (Å²) in [6.45, 7) is 6.75. The molecule has 0 aliphatic rings. The predicted molar refractivity (Wildman–Crippen MR) is 111 cm³/mol. The summed E-state index contributed by atoms with van der Waals surface area (Å²) in [4.78, 5) is 12.7. The molecule has 0 saturated carbocycles. The second-order valence-corrected chi connectivity index (χ2v) is 6.00. The minimum Gasteiger partial charge on any atom is -0.494 e. The van der Waals surface area contributed by atoms with Crippen molar-refractivity contribution in [3.63, 3.8) is 0 Å². The van der Waals surface area contributed by atoms with E-state index < -0.39 is 12.0 Å². The first kappa shape index (κ1) is 21.9. The second kappa shape index (κ2) is 10.8. The molecule has 8 heteroatoms. The van der Waals surface area contributed by atoms with Crippen molar-refractivity contribution in [1.29, 1.82) is 0 Å². The number of hydrogen-bond acceptors (Lipinski definition) is 7. The Labute approximate surface area is 170 Å². The lowest BCUT2D eigenvalue weighted by atomic mass is 10.0. The van der Waals surface area contributed by atoms with Gasteiger partial charge in [-0.3, -0.25) is 0 Å². The number of ether oxygens (including phenoxy) is 3. The molecule has 0 aliphatic carbocycles. The molecule has 156 valence electrons. The molecular weight excluding hydrogens is 374 g/mol. The Kier molecular flexibility index (Phi) is 8.14. The fraction of sp³-hybridized carbons (Fsp3) is 0.333. The molecule has 29 heavy (non-hydrogen) atoms. The van der Waals surface area contributed by atoms with Gasteiger partial charge in [0.05, 0.1) is 19.8 Å². The van der Waals surface area contributed by atoms with Gasteiger partial charge in [0.15, 0.2) is 11.9 Å². The van der Waals surface area contributed by atoms with Crippen LogP contribution >= 0.6 is 0 Å². The zero-order chi connectivity index (χ0) is 21.2. The quantitative estimate of drug-likeness (QED) is 0.184. The third-order valence-corrected chi connectivity index (χ3v) is 3.98. The second-order valence-electron chi connectivity index (χ2n) is 6.00. The number of nitrogens with one attached hydrogen (secondary N) is 1. The van der Waals surface area contributed by atoms with E-state index in [9.17, 15) is 4.79 Å². The maximum Gasteiger partial charge on any atom is 0.333 e. The highest BCUT2D eigenvalue weighted by Crippen LogP contribution is 2.30. The first-order valence-corrected chi connectivity index (χ1v) is 9.44. The lowest BCUT2D eigenvalue weighted by molar-refractivity contribution is -0.144. The number of nitrogens with zero attached hydrogens (tertiary/aromatic N) is 1. The smallest absolute Gasteiger partial charge is 0.333 e. The van der Waals surface area contributed by atoms with Gasteiger partial charge in [-0.2, -0.15) is 0 Å². The van der Waals surface area contributed by atoms with Crippen LogP contribution in [0.15, 0.2) is 47.6 Å². The van der Waals surface area contributed by atoms with Crippen molar-refractivity contribution >= 4 is 17.5 Å². The SMILES string of the molecule is CCOC(=O)C(Nc1ccc(/C(N)=N\O)cc1)c1cc(OCC)cc(OCC)c1. The van der Waals surface area contributed by atoms with E-state index in [1.165, 1.54) is 0 Å². The first-order chi connectivity index (χ1) is 14.0. The van der Waals surface area contributed by atoms with Crippen LogP contribution in [-0.2, 0) is 9.53 Å². The van der Waals surface area contributed by atoms with Gasteiger partial charge in [0, 0.05) is 17.3 Å². The van der Waals surface area contributed by atoms with Gasteiger partial charge in [-0.1, -0.05) is 5.16 Å². The van der Waals surface area contributed by atoms with Crippen LogP contribution in [0.5, 0.6) is 11.5 Å². The van der Waals surface area contributed by atoms with Gasteiger partial charge in [-0.15, -0.1) is 0 Å². The molecule has 0 radical (unpaired) electrons. The van der Waals surface area contributed by atoms with Gasteiger partial charge in [0.25, 0.3) is 0 Å². The van der Waals surface area contributed by atoms with Gasteiger partial charge in [0.1, 0.15) is 11.5 Å². The lowest BCUT2D eigenvalue weighted by Crippen LogP contribution is -2.23. The fourth-order valence-corrected chi connectivity index (χ4v) is 2.73. The Hall–Kier alpha value is -3.42. The summed E-state index contributed by atoms with van der Waals surface area (Å²) in [5.41, 5.74) is 7.47. The Balaban J connectivity index is 2.38. The fourth-order valence-electron chi connectivity index (χ4n) is 2.73. The molecule has 0 aliphatic heterocycles. The topological polar surface area (TPSA) is 115 Å². The maximum absolute atomic E-state index is 12.7. The molecule has 0 fully saturated rings. The van der Waals surface area contributed by atoms with Gasteiger partial charge < -0.3 is 30.5 Å². The van der Waals surface area contributed by atoms with E-state index in [2.05, 4.69) is 10.5 Å². The normalized spacial score (nSPS) is 12.2. The van der Waals surface area contributed by atoms with Crippen LogP contribution in [0.3, 0.4) is 0 Å². The molecule has 2 aromatic carbocycles. The molecule has 0 amide bonds. The Morgan fingerprint density at radius 1 is 1.03 bits per heavy atom. The number of oxime groups is 1. The zero-order valence-electron chi connectivity index (χ0n) is 16.8. The van der Waals surface area contributed by atoms with E-state index in [1.807, 2.05) is 13.8 Å². The summed E-state index contributed by atoms with van der Waals surface area (Å²) >= 11 is 0. The van der Waals surface area contributed by atoms with Crippen LogP contribution in [0.25, 0.3) is 0 Å². The number of nitrogens with two attached hydrogens (primary N) is 1. The van der Waals surface area contributed by atoms with Gasteiger partial charge in [0.2, 0.25) is 0 Å². The molecule has 0 aromatic heterocycles. The van der Waals surface area contributed by atoms with Crippen molar-refractivity contribution in [2.45, 2.75) is 26.8 Å². The lowest BCUT2D eigenvalue weighted by Gasteiger charge is -2.20. The van der Waals surface area contributed by atoms with Crippen molar-refractivity contribution in [3.8, 4) is 11.5 Å². The molecule has 2 aromatic rings. The minimum absolute atomic E-state index is 0.00395. The average Bonchev–Trinajstić information content (AvgIpc) is 2.72. The van der Waals surface area contributed by atoms with E-state index >= 15 is 0 Å². The molecule has 4 N–H and O–H groups in total. The van der Waals surface area contributed by atoms with Crippen molar-refractivity contribution in [1.82, 2.24) is 0 Å². The number of esters is 1. The molecule has 0 bridgehead atoms. The first-order valence-electron chi connectivity index (χ1n) is 9.44. The number of rotatable bonds is 10. The van der Waals surface area contributed by atoms with Crippen molar-refractivity contribution in [3.05, 3.63) is 53.6 Å². The number of carbonyl (C=O) groups excluding carboxylic acids is 1. The van der Waals surface area contributed by atoms with Crippen LogP contribution < -0.4 is 20.5 Å². The number of benzene rings is 2. The number of amidine groups is 1. The number of anilines is 1. The van der Waals surface area contributed by atoms with Gasteiger partial charge in [-0.05, 0) is 62.7 Å². The van der Waals surface area contributed by atoms with Crippen molar-refractivity contribution in [2.75, 3.05) is 25.1 Å². The molecule has 0 saturated heterocycles. The third-order valence-electron chi connectivity index (χ3n) is 3.98. The molecule has 8 nitrogen and oxygen atoms in total. The molecule has 1 atom stereocenters. The van der Waals surface area contributed by atoms with Crippen LogP contribution in [0.2, 0.25) is 0 Å². The predicted octanol–water partition coefficient (Wildman–Crippen LogP) is 3.29. The standard InChI is InChI=1S/C21H27N3O5/c1-4-27-17-11-15(12-18(13-17)28-5-2)19(21(25)29-6-3)23-16-9-7-14(8-10-16)20(22)24-26/h7-13,19,23,26H,4-6H2,1-3H3,(H2,22,24). The summed E-state index contributed by atoms with van der Waals surface area (Å²) in [6.07, 6.45) is 0. The van der Waals surface area contributed by atoms with Crippen molar-refractivity contribution < 1.29 is 24.2 Å². The highest BCUT2D eigenvalue weighted by molar-refractivity contribution is 5.97. The van der Waals surface area contributed by atoms with Crippen LogP contribution in [-0.4, -0.2) is 36.8 Å². The maximum atomic E-state index is 12.7. The van der Waals surface area contributed by atoms with Gasteiger partial charge >= 0.3 is 5.97 Å². The molecule has 2 rings (SSSR count). The van der Waals surface area contributed by atoms with Crippen molar-refractivity contribution in [2.24, 2.45) is 10.9 Å². The molecule has 0 spiro atoms. The Bertz CT molecular complexity index is 812. The highest BCUT2D eigenvalue weighted by atomic mass is 16.5. The van der Waals surface area contributed by atoms with E-state index in [4.69, 9.17) is 25.2 Å². The summed E-state index contributed by atoms with van der Waals surface area (Å²) in [5.74, 6) is 0.784. The number of hydrogen-bond donors (Lipinski definition) is 3. The largest absolute Gasteiger partial charge is 0.494 e. The molecule has 0 heterocycles. The van der Waals surface area contributed by atoms with E-state index in [1.54, 1.807) is 49.4 Å². The highest BCUT2D eigenvalue weighted by Gasteiger charge is 2.24. The zero-order valence-corrected chi connectivity index (χ0v) is 16.8. The van der Waals surface area contributed by atoms with E-state index in [0.29, 0.717) is 41.5 Å². The molecular formula is C21H27N3O5. The summed E-state index contributed by atoms with van der Waals surface area (Å²) in [6, 6.07) is 11.4. The minimum atomic E-state index is -0.774. The Morgan fingerprint density at radius 3 is 2.10 bits per heavy atom. The summed E-state index contributed by atoms with van der Waals surface area (Å²) in [5, 5.41) is 14.9. The monoisotopic (exact) mass is 401 g/mol. The van der Waals surface area contributed by atoms with E-state index in [-0.39, 0.29) is 12.4 Å². The molecule has 1 unspecified atom stereocenters. The Morgan fingerprint density at radius 2 is 1.62 bits per heavy atom. The summed E-state index contributed by atoms with van der Waals surface area (Å²) in [7, 11) is 0. The van der Waals surface area contributed by atoms with Crippen LogP contribution in [0.1, 0.15) is 37.9 Å². The number of carbonyl (C=O) groups is 1. The van der Waals surface area contributed by atoms with Crippen LogP contribution in [0, 0.1) is 0 Å². The van der Waals surface area contributed by atoms with Gasteiger partial charge in [-0.25, -0.2) is 4.79 Å². The van der Waals surface area contributed by atoms with E-state index in [0.717, 1.165) is 0 Å². The summed E-state index contributed by atoms with van der Waals surface area (Å²) < 4.78 is 16.5.